The highest BCUT2D eigenvalue weighted by Crippen LogP contribution is 2.34. The Morgan fingerprint density at radius 2 is 2.00 bits per heavy atom. The van der Waals surface area contributed by atoms with Gasteiger partial charge in [0.2, 0.25) is 5.91 Å². The van der Waals surface area contributed by atoms with Crippen molar-refractivity contribution in [3.8, 4) is 5.75 Å². The van der Waals surface area contributed by atoms with Crippen molar-refractivity contribution in [2.45, 2.75) is 6.54 Å². The van der Waals surface area contributed by atoms with Gasteiger partial charge in [-0.2, -0.15) is 0 Å². The van der Waals surface area contributed by atoms with Crippen LogP contribution in [0.2, 0.25) is 0 Å². The molecule has 2 fully saturated rings. The molecule has 3 heterocycles. The van der Waals surface area contributed by atoms with Crippen LogP contribution in [-0.2, 0) is 11.3 Å². The first-order chi connectivity index (χ1) is 12.2. The maximum Gasteiger partial charge on any atom is 0.289 e. The molecule has 2 aliphatic heterocycles. The maximum absolute atomic E-state index is 12.7. The summed E-state index contributed by atoms with van der Waals surface area (Å²) in [5.41, 5.74) is 1.08. The van der Waals surface area contributed by atoms with Crippen LogP contribution in [0.5, 0.6) is 5.75 Å². The van der Waals surface area contributed by atoms with Crippen LogP contribution in [0.1, 0.15) is 16.1 Å². The number of benzene rings is 1. The normalized spacial score (nSPS) is 22.4. The molecule has 0 N–H and O–H groups in total. The topological polar surface area (TPSA) is 63.0 Å². The van der Waals surface area contributed by atoms with Gasteiger partial charge in [0.1, 0.15) is 5.75 Å². The average Bonchev–Trinajstić information content (AvgIpc) is 3.35. The first kappa shape index (κ1) is 15.7. The van der Waals surface area contributed by atoms with Crippen molar-refractivity contribution in [3.05, 3.63) is 54.0 Å². The van der Waals surface area contributed by atoms with Crippen LogP contribution in [0.4, 0.5) is 0 Å². The fraction of sp³-hybridized carbons (Fsp3) is 0.368. The predicted molar refractivity (Wildman–Crippen MR) is 90.0 cm³/mol. The van der Waals surface area contributed by atoms with E-state index in [1.54, 1.807) is 24.1 Å². The molecule has 6 nitrogen and oxygen atoms in total. The lowest BCUT2D eigenvalue weighted by Gasteiger charge is -2.21. The molecule has 2 aromatic rings. The number of likely N-dealkylation sites (tertiary alicyclic amines) is 2. The van der Waals surface area contributed by atoms with Gasteiger partial charge in [0, 0.05) is 32.1 Å². The molecule has 6 heteroatoms. The molecule has 2 atom stereocenters. The van der Waals surface area contributed by atoms with E-state index in [-0.39, 0.29) is 23.7 Å². The van der Waals surface area contributed by atoms with Gasteiger partial charge >= 0.3 is 0 Å². The second-order valence-corrected chi connectivity index (χ2v) is 6.62. The van der Waals surface area contributed by atoms with E-state index in [0.29, 0.717) is 31.9 Å². The fourth-order valence-electron chi connectivity index (χ4n) is 3.76. The highest BCUT2D eigenvalue weighted by atomic mass is 16.5. The standard InChI is InChI=1S/C19H20N2O4/c1-24-15-6-4-13(5-7-15)9-20-10-14-11-21(12-16(14)18(20)22)19(23)17-3-2-8-25-17/h2-8,14,16H,9-12H2,1H3/t14-,16+/m1/s1. The maximum atomic E-state index is 12.7. The highest BCUT2D eigenvalue weighted by molar-refractivity contribution is 5.93. The third-order valence-electron chi connectivity index (χ3n) is 5.08. The first-order valence-electron chi connectivity index (χ1n) is 8.40. The van der Waals surface area contributed by atoms with E-state index in [4.69, 9.17) is 9.15 Å². The second kappa shape index (κ2) is 6.27. The number of fused-ring (bicyclic) bond motifs is 1. The van der Waals surface area contributed by atoms with E-state index in [9.17, 15) is 9.59 Å². The number of amides is 2. The number of rotatable bonds is 4. The third kappa shape index (κ3) is 2.88. The van der Waals surface area contributed by atoms with Crippen LogP contribution in [0.25, 0.3) is 0 Å². The van der Waals surface area contributed by atoms with Crippen LogP contribution >= 0.6 is 0 Å². The smallest absolute Gasteiger partial charge is 0.289 e. The molecule has 0 spiro atoms. The number of nitrogens with zero attached hydrogens (tertiary/aromatic N) is 2. The van der Waals surface area contributed by atoms with E-state index in [0.717, 1.165) is 11.3 Å². The fourth-order valence-corrected chi connectivity index (χ4v) is 3.76. The van der Waals surface area contributed by atoms with Gasteiger partial charge in [-0.05, 0) is 29.8 Å². The molecule has 1 aromatic heterocycles. The van der Waals surface area contributed by atoms with Gasteiger partial charge in [-0.15, -0.1) is 0 Å². The summed E-state index contributed by atoms with van der Waals surface area (Å²) in [6.45, 7) is 2.37. The van der Waals surface area contributed by atoms with E-state index < -0.39 is 0 Å². The Labute approximate surface area is 146 Å². The quantitative estimate of drug-likeness (QED) is 0.854. The number of furan rings is 1. The molecule has 2 saturated heterocycles. The Morgan fingerprint density at radius 3 is 2.64 bits per heavy atom. The van der Waals surface area contributed by atoms with Crippen LogP contribution in [0, 0.1) is 11.8 Å². The van der Waals surface area contributed by atoms with E-state index in [1.165, 1.54) is 6.26 Å². The zero-order valence-corrected chi connectivity index (χ0v) is 14.1. The molecule has 0 bridgehead atoms. The molecule has 1 aromatic carbocycles. The Morgan fingerprint density at radius 1 is 1.20 bits per heavy atom. The van der Waals surface area contributed by atoms with Crippen LogP contribution in [-0.4, -0.2) is 48.4 Å². The molecule has 0 radical (unpaired) electrons. The SMILES string of the molecule is COc1ccc(CN2C[C@@H]3CN(C(=O)c4ccco4)C[C@@H]3C2=O)cc1. The van der Waals surface area contributed by atoms with Crippen molar-refractivity contribution in [2.75, 3.05) is 26.7 Å². The lowest BCUT2D eigenvalue weighted by molar-refractivity contribution is -0.131. The molecular formula is C19H20N2O4. The number of ether oxygens (including phenoxy) is 1. The van der Waals surface area contributed by atoms with Crippen molar-refractivity contribution >= 4 is 11.8 Å². The van der Waals surface area contributed by atoms with Crippen molar-refractivity contribution in [3.63, 3.8) is 0 Å². The molecule has 2 amide bonds. The molecule has 0 saturated carbocycles. The molecule has 0 unspecified atom stereocenters. The molecular weight excluding hydrogens is 320 g/mol. The monoisotopic (exact) mass is 340 g/mol. The van der Waals surface area contributed by atoms with Crippen molar-refractivity contribution in [1.29, 1.82) is 0 Å². The van der Waals surface area contributed by atoms with Gasteiger partial charge < -0.3 is 19.0 Å². The van der Waals surface area contributed by atoms with Crippen molar-refractivity contribution in [2.24, 2.45) is 11.8 Å². The van der Waals surface area contributed by atoms with Gasteiger partial charge in [0.05, 0.1) is 19.3 Å². The predicted octanol–water partition coefficient (Wildman–Crippen LogP) is 2.02. The Balaban J connectivity index is 1.39. The van der Waals surface area contributed by atoms with Gasteiger partial charge in [-0.3, -0.25) is 9.59 Å². The summed E-state index contributed by atoms with van der Waals surface area (Å²) in [5, 5.41) is 0. The third-order valence-corrected chi connectivity index (χ3v) is 5.08. The Bertz CT molecular complexity index is 769. The van der Waals surface area contributed by atoms with Gasteiger partial charge in [-0.1, -0.05) is 12.1 Å². The lowest BCUT2D eigenvalue weighted by atomic mass is 10.0. The summed E-state index contributed by atoms with van der Waals surface area (Å²) in [4.78, 5) is 28.7. The van der Waals surface area contributed by atoms with Gasteiger partial charge in [-0.25, -0.2) is 0 Å². The average molecular weight is 340 g/mol. The summed E-state index contributed by atoms with van der Waals surface area (Å²) in [6.07, 6.45) is 1.49. The summed E-state index contributed by atoms with van der Waals surface area (Å²) >= 11 is 0. The van der Waals surface area contributed by atoms with E-state index in [2.05, 4.69) is 0 Å². The molecule has 4 rings (SSSR count). The van der Waals surface area contributed by atoms with Crippen LogP contribution in [0.3, 0.4) is 0 Å². The summed E-state index contributed by atoms with van der Waals surface area (Å²) in [5.74, 6) is 1.24. The Kier molecular flexibility index (Phi) is 3.95. The zero-order chi connectivity index (χ0) is 17.4. The van der Waals surface area contributed by atoms with E-state index in [1.807, 2.05) is 29.2 Å². The minimum absolute atomic E-state index is 0.0999. The minimum atomic E-state index is -0.131. The highest BCUT2D eigenvalue weighted by Gasteiger charge is 2.47. The first-order valence-corrected chi connectivity index (χ1v) is 8.40. The van der Waals surface area contributed by atoms with Crippen LogP contribution < -0.4 is 4.74 Å². The summed E-state index contributed by atoms with van der Waals surface area (Å²) in [7, 11) is 1.63. The lowest BCUT2D eigenvalue weighted by Crippen LogP contribution is -2.35. The number of carbonyl (C=O) groups excluding carboxylic acids is 2. The largest absolute Gasteiger partial charge is 0.497 e. The number of hydrogen-bond acceptors (Lipinski definition) is 4. The molecule has 2 aliphatic rings. The summed E-state index contributed by atoms with van der Waals surface area (Å²) < 4.78 is 10.3. The number of methoxy groups -OCH3 is 1. The van der Waals surface area contributed by atoms with Crippen molar-refractivity contribution < 1.29 is 18.7 Å². The van der Waals surface area contributed by atoms with Crippen LogP contribution in [0.15, 0.2) is 47.1 Å². The zero-order valence-electron chi connectivity index (χ0n) is 14.1. The number of hydrogen-bond donors (Lipinski definition) is 0. The molecule has 130 valence electrons. The second-order valence-electron chi connectivity index (χ2n) is 6.62. The molecule has 25 heavy (non-hydrogen) atoms. The van der Waals surface area contributed by atoms with Gasteiger partial charge in [0.25, 0.3) is 5.91 Å². The summed E-state index contributed by atoms with van der Waals surface area (Å²) in [6, 6.07) is 11.1. The number of carbonyl (C=O) groups is 2. The molecule has 0 aliphatic carbocycles. The van der Waals surface area contributed by atoms with Crippen molar-refractivity contribution in [1.82, 2.24) is 9.80 Å². The van der Waals surface area contributed by atoms with E-state index >= 15 is 0 Å². The van der Waals surface area contributed by atoms with Gasteiger partial charge in [0.15, 0.2) is 5.76 Å². The minimum Gasteiger partial charge on any atom is -0.497 e. The Hall–Kier alpha value is -2.76.